The predicted molar refractivity (Wildman–Crippen MR) is 102 cm³/mol. The average Bonchev–Trinajstić information content (AvgIpc) is 3.05. The summed E-state index contributed by atoms with van der Waals surface area (Å²) in [5, 5.41) is 10.1. The first-order chi connectivity index (χ1) is 12.2. The fraction of sp³-hybridized carbons (Fsp3) is 0.500. The molecule has 1 aliphatic carbocycles. The van der Waals surface area contributed by atoms with Gasteiger partial charge in [-0.15, -0.1) is 0 Å². The van der Waals surface area contributed by atoms with Gasteiger partial charge in [-0.25, -0.2) is 9.38 Å². The zero-order chi connectivity index (χ0) is 17.2. The molecule has 0 radical (unpaired) electrons. The maximum absolute atomic E-state index is 14.3. The van der Waals surface area contributed by atoms with Gasteiger partial charge in [0.1, 0.15) is 11.7 Å². The van der Waals surface area contributed by atoms with Gasteiger partial charge >= 0.3 is 0 Å². The predicted octanol–water partition coefficient (Wildman–Crippen LogP) is 3.10. The standard InChI is InChI=1S/C18H23ClFN5/c19-16-10-24-18-17(25-16)13(9-23-18)11-4-5-14(20)15(7-11)22-8-12-3-1-2-6-21-12/h4-5,7,9-10,12,14-16,21-23,25H,1-3,6,8H2. The molecule has 0 aromatic carbocycles. The lowest BCUT2D eigenvalue weighted by molar-refractivity contribution is 0.309. The van der Waals surface area contributed by atoms with Crippen LogP contribution in [0.25, 0.3) is 5.57 Å². The van der Waals surface area contributed by atoms with Gasteiger partial charge in [0.25, 0.3) is 0 Å². The molecule has 1 saturated heterocycles. The molecule has 3 heterocycles. The van der Waals surface area contributed by atoms with Crippen molar-refractivity contribution in [2.24, 2.45) is 4.99 Å². The normalized spacial score (nSPS) is 31.4. The third-order valence-corrected chi connectivity index (χ3v) is 5.18. The monoisotopic (exact) mass is 363 g/mol. The highest BCUT2D eigenvalue weighted by Crippen LogP contribution is 2.37. The van der Waals surface area contributed by atoms with Crippen LogP contribution in [0.2, 0.25) is 0 Å². The van der Waals surface area contributed by atoms with Crippen molar-refractivity contribution in [3.05, 3.63) is 30.0 Å². The van der Waals surface area contributed by atoms with E-state index in [-0.39, 0.29) is 11.5 Å². The summed E-state index contributed by atoms with van der Waals surface area (Å²) >= 11 is 6.11. The lowest BCUT2D eigenvalue weighted by atomic mass is 9.95. The van der Waals surface area contributed by atoms with Gasteiger partial charge in [-0.3, -0.25) is 0 Å². The average molecular weight is 364 g/mol. The Hall–Kier alpha value is -1.63. The van der Waals surface area contributed by atoms with Crippen LogP contribution in [0.4, 0.5) is 15.9 Å². The number of aromatic nitrogens is 1. The Morgan fingerprint density at radius 3 is 3.12 bits per heavy atom. The van der Waals surface area contributed by atoms with Crippen molar-refractivity contribution in [2.75, 3.05) is 18.4 Å². The van der Waals surface area contributed by atoms with Crippen molar-refractivity contribution in [3.63, 3.8) is 0 Å². The van der Waals surface area contributed by atoms with Gasteiger partial charge in [0.2, 0.25) is 0 Å². The summed E-state index contributed by atoms with van der Waals surface area (Å²) in [6.07, 6.45) is 11.5. The number of aromatic amines is 1. The molecule has 1 fully saturated rings. The summed E-state index contributed by atoms with van der Waals surface area (Å²) in [7, 11) is 0. The molecule has 0 saturated carbocycles. The van der Waals surface area contributed by atoms with Crippen LogP contribution in [0.15, 0.2) is 29.4 Å². The Labute approximate surface area is 151 Å². The molecule has 2 aliphatic heterocycles. The number of nitrogens with zero attached hydrogens (tertiary/aromatic N) is 1. The van der Waals surface area contributed by atoms with E-state index in [1.54, 1.807) is 12.3 Å². The van der Waals surface area contributed by atoms with Gasteiger partial charge < -0.3 is 20.9 Å². The first-order valence-electron chi connectivity index (χ1n) is 8.88. The van der Waals surface area contributed by atoms with Crippen LogP contribution < -0.4 is 16.0 Å². The fourth-order valence-corrected chi connectivity index (χ4v) is 3.75. The van der Waals surface area contributed by atoms with E-state index >= 15 is 0 Å². The number of rotatable bonds is 4. The molecule has 4 atom stereocenters. The molecule has 0 bridgehead atoms. The minimum atomic E-state index is -1.02. The number of fused-ring (bicyclic) bond motifs is 1. The molecule has 3 aliphatic rings. The minimum Gasteiger partial charge on any atom is -0.361 e. The second-order valence-corrected chi connectivity index (χ2v) is 7.23. The molecule has 0 spiro atoms. The number of allylic oxidation sites excluding steroid dienone is 2. The lowest BCUT2D eigenvalue weighted by Crippen LogP contribution is -2.47. The van der Waals surface area contributed by atoms with E-state index in [1.807, 2.05) is 18.3 Å². The highest BCUT2D eigenvalue weighted by molar-refractivity contribution is 6.30. The van der Waals surface area contributed by atoms with Crippen molar-refractivity contribution in [1.82, 2.24) is 15.6 Å². The Balaban J connectivity index is 1.49. The number of piperidine rings is 1. The maximum Gasteiger partial charge on any atom is 0.153 e. The van der Waals surface area contributed by atoms with Crippen LogP contribution in [0.5, 0.6) is 0 Å². The molecule has 25 heavy (non-hydrogen) atoms. The molecule has 4 N–H and O–H groups in total. The molecule has 1 aromatic heterocycles. The van der Waals surface area contributed by atoms with E-state index in [0.29, 0.717) is 6.04 Å². The second kappa shape index (κ2) is 7.32. The van der Waals surface area contributed by atoms with Crippen LogP contribution in [-0.4, -0.2) is 48.0 Å². The Kier molecular flexibility index (Phi) is 4.92. The first-order valence-corrected chi connectivity index (χ1v) is 9.32. The number of hydrogen-bond acceptors (Lipinski definition) is 4. The van der Waals surface area contributed by atoms with E-state index in [9.17, 15) is 4.39 Å². The van der Waals surface area contributed by atoms with E-state index in [0.717, 1.165) is 42.2 Å². The highest BCUT2D eigenvalue weighted by Gasteiger charge is 2.25. The first kappa shape index (κ1) is 16.8. The number of anilines is 1. The second-order valence-electron chi connectivity index (χ2n) is 6.76. The third kappa shape index (κ3) is 3.66. The molecule has 4 rings (SSSR count). The van der Waals surface area contributed by atoms with E-state index in [4.69, 9.17) is 11.6 Å². The van der Waals surface area contributed by atoms with Crippen LogP contribution in [-0.2, 0) is 0 Å². The minimum absolute atomic E-state index is 0.326. The molecule has 5 nitrogen and oxygen atoms in total. The Morgan fingerprint density at radius 1 is 1.36 bits per heavy atom. The number of aliphatic imine (C=N–C) groups is 1. The Morgan fingerprint density at radius 2 is 2.28 bits per heavy atom. The fourth-order valence-electron chi connectivity index (χ4n) is 3.59. The van der Waals surface area contributed by atoms with Gasteiger partial charge in [0.05, 0.1) is 11.7 Å². The quantitative estimate of drug-likeness (QED) is 0.491. The van der Waals surface area contributed by atoms with E-state index < -0.39 is 6.17 Å². The zero-order valence-electron chi connectivity index (χ0n) is 13.9. The van der Waals surface area contributed by atoms with Crippen molar-refractivity contribution < 1.29 is 4.39 Å². The molecule has 0 amide bonds. The van der Waals surface area contributed by atoms with E-state index in [1.165, 1.54) is 12.8 Å². The van der Waals surface area contributed by atoms with Crippen molar-refractivity contribution >= 4 is 34.9 Å². The molecular weight excluding hydrogens is 341 g/mol. The largest absolute Gasteiger partial charge is 0.361 e. The van der Waals surface area contributed by atoms with Gasteiger partial charge in [0, 0.05) is 30.6 Å². The van der Waals surface area contributed by atoms with Crippen molar-refractivity contribution in [2.45, 2.75) is 43.0 Å². The number of alkyl halides is 2. The number of H-pyrrole nitrogens is 1. The third-order valence-electron chi connectivity index (χ3n) is 4.96. The molecule has 4 unspecified atom stereocenters. The number of nitrogens with one attached hydrogen (secondary N) is 4. The summed E-state index contributed by atoms with van der Waals surface area (Å²) in [6, 6.07) is 0.102. The summed E-state index contributed by atoms with van der Waals surface area (Å²) in [5.41, 5.74) is 2.45. The van der Waals surface area contributed by atoms with Crippen LogP contribution in [0.3, 0.4) is 0 Å². The summed E-state index contributed by atoms with van der Waals surface area (Å²) in [4.78, 5) is 7.43. The Bertz CT molecular complexity index is 704. The van der Waals surface area contributed by atoms with Gasteiger partial charge in [-0.05, 0) is 31.0 Å². The number of halogens is 2. The molecule has 134 valence electrons. The van der Waals surface area contributed by atoms with Crippen LogP contribution in [0, 0.1) is 0 Å². The van der Waals surface area contributed by atoms with Crippen LogP contribution in [0.1, 0.15) is 24.8 Å². The SMILES string of the molecule is FC1C=CC(c2c[nH]c3c2NC(Cl)C=N3)=CC1NCC1CCCCN1. The smallest absolute Gasteiger partial charge is 0.153 e. The van der Waals surface area contributed by atoms with Crippen molar-refractivity contribution in [3.8, 4) is 0 Å². The zero-order valence-corrected chi connectivity index (χ0v) is 14.7. The van der Waals surface area contributed by atoms with Gasteiger partial charge in [0.15, 0.2) is 5.82 Å². The van der Waals surface area contributed by atoms with Gasteiger partial charge in [-0.2, -0.15) is 0 Å². The topological polar surface area (TPSA) is 64.2 Å². The number of hydrogen-bond donors (Lipinski definition) is 4. The van der Waals surface area contributed by atoms with Crippen molar-refractivity contribution in [1.29, 1.82) is 0 Å². The lowest BCUT2D eigenvalue weighted by Gasteiger charge is -2.28. The highest BCUT2D eigenvalue weighted by atomic mass is 35.5. The van der Waals surface area contributed by atoms with E-state index in [2.05, 4.69) is 25.9 Å². The summed E-state index contributed by atoms with van der Waals surface area (Å²) < 4.78 is 14.3. The summed E-state index contributed by atoms with van der Waals surface area (Å²) in [5.74, 6) is 0.750. The molecule has 1 aromatic rings. The molecule has 7 heteroatoms. The molecular formula is C18H23ClFN5. The van der Waals surface area contributed by atoms with Gasteiger partial charge in [-0.1, -0.05) is 30.2 Å². The maximum atomic E-state index is 14.3. The summed E-state index contributed by atoms with van der Waals surface area (Å²) in [6.45, 7) is 1.83. The van der Waals surface area contributed by atoms with Crippen LogP contribution >= 0.6 is 11.6 Å².